The summed E-state index contributed by atoms with van der Waals surface area (Å²) in [6.07, 6.45) is 0. The molecular formula is C19H15I. The fraction of sp³-hybridized carbons (Fsp3) is 0.0526. The highest BCUT2D eigenvalue weighted by atomic mass is 127. The molecule has 0 unspecified atom stereocenters. The summed E-state index contributed by atoms with van der Waals surface area (Å²) in [7, 11) is 0. The summed E-state index contributed by atoms with van der Waals surface area (Å²) < 4.78 is 1.27. The summed E-state index contributed by atoms with van der Waals surface area (Å²) in [6, 6.07) is 25.8. The molecule has 98 valence electrons. The second-order valence-electron chi connectivity index (χ2n) is 4.91. The van der Waals surface area contributed by atoms with Crippen molar-refractivity contribution in [3.05, 3.63) is 81.9 Å². The predicted molar refractivity (Wildman–Crippen MR) is 94.8 cm³/mol. The number of hydrogen-bond donors (Lipinski definition) is 0. The van der Waals surface area contributed by atoms with Crippen molar-refractivity contribution < 1.29 is 0 Å². The molecule has 0 saturated heterocycles. The van der Waals surface area contributed by atoms with Crippen molar-refractivity contribution in [3.8, 4) is 22.3 Å². The summed E-state index contributed by atoms with van der Waals surface area (Å²) in [4.78, 5) is 0. The highest BCUT2D eigenvalue weighted by molar-refractivity contribution is 14.1. The molecule has 0 aromatic heterocycles. The number of halogens is 1. The van der Waals surface area contributed by atoms with Gasteiger partial charge in [-0.3, -0.25) is 0 Å². The molecule has 1 heteroatoms. The van der Waals surface area contributed by atoms with E-state index >= 15 is 0 Å². The van der Waals surface area contributed by atoms with Crippen LogP contribution in [0.15, 0.2) is 72.8 Å². The van der Waals surface area contributed by atoms with Crippen LogP contribution in [-0.2, 0) is 0 Å². The molecule has 0 spiro atoms. The van der Waals surface area contributed by atoms with Crippen molar-refractivity contribution in [3.63, 3.8) is 0 Å². The standard InChI is InChI=1S/C19H15I/c1-14-7-5-6-10-19(14)17-11-16(12-18(20)13-17)15-8-3-2-4-9-15/h2-13H,1H3. The summed E-state index contributed by atoms with van der Waals surface area (Å²) in [5.41, 5.74) is 6.45. The SMILES string of the molecule is Cc1ccccc1-c1cc(I)cc(-c2ccccc2)c1. The Hall–Kier alpha value is -1.61. The Bertz CT molecular complexity index is 730. The number of hydrogen-bond acceptors (Lipinski definition) is 0. The highest BCUT2D eigenvalue weighted by Gasteiger charge is 2.05. The third-order valence-electron chi connectivity index (χ3n) is 3.46. The first kappa shape index (κ1) is 13.4. The molecule has 20 heavy (non-hydrogen) atoms. The van der Waals surface area contributed by atoms with Crippen LogP contribution >= 0.6 is 22.6 Å². The maximum absolute atomic E-state index is 2.40. The third-order valence-corrected chi connectivity index (χ3v) is 4.08. The lowest BCUT2D eigenvalue weighted by atomic mass is 9.96. The lowest BCUT2D eigenvalue weighted by molar-refractivity contribution is 1.45. The van der Waals surface area contributed by atoms with Crippen molar-refractivity contribution in [2.75, 3.05) is 0 Å². The van der Waals surface area contributed by atoms with E-state index in [1.165, 1.54) is 31.4 Å². The Morgan fingerprint density at radius 1 is 0.650 bits per heavy atom. The topological polar surface area (TPSA) is 0 Å². The molecule has 0 fully saturated rings. The second-order valence-corrected chi connectivity index (χ2v) is 6.16. The van der Waals surface area contributed by atoms with Gasteiger partial charge in [0.05, 0.1) is 0 Å². The van der Waals surface area contributed by atoms with Crippen LogP contribution in [0, 0.1) is 10.5 Å². The van der Waals surface area contributed by atoms with Gasteiger partial charge in [-0.15, -0.1) is 0 Å². The van der Waals surface area contributed by atoms with E-state index in [0.29, 0.717) is 0 Å². The maximum atomic E-state index is 2.40. The van der Waals surface area contributed by atoms with Gasteiger partial charge in [-0.05, 0) is 75.5 Å². The average Bonchev–Trinajstić information content (AvgIpc) is 2.48. The van der Waals surface area contributed by atoms with Crippen molar-refractivity contribution >= 4 is 22.6 Å². The second kappa shape index (κ2) is 5.80. The van der Waals surface area contributed by atoms with Gasteiger partial charge in [-0.25, -0.2) is 0 Å². The molecule has 0 bridgehead atoms. The molecule has 0 aliphatic carbocycles. The lowest BCUT2D eigenvalue weighted by Crippen LogP contribution is -1.86. The minimum Gasteiger partial charge on any atom is -0.0622 e. The largest absolute Gasteiger partial charge is 0.0622 e. The minimum absolute atomic E-state index is 1.26. The first-order valence-corrected chi connectivity index (χ1v) is 7.74. The van der Waals surface area contributed by atoms with Gasteiger partial charge in [-0.2, -0.15) is 0 Å². The van der Waals surface area contributed by atoms with Crippen LogP contribution in [0.2, 0.25) is 0 Å². The van der Waals surface area contributed by atoms with Gasteiger partial charge in [0.15, 0.2) is 0 Å². The maximum Gasteiger partial charge on any atom is 0.0142 e. The zero-order valence-electron chi connectivity index (χ0n) is 11.3. The van der Waals surface area contributed by atoms with E-state index in [9.17, 15) is 0 Å². The zero-order valence-corrected chi connectivity index (χ0v) is 13.5. The van der Waals surface area contributed by atoms with Crippen LogP contribution in [0.3, 0.4) is 0 Å². The lowest BCUT2D eigenvalue weighted by Gasteiger charge is -2.10. The van der Waals surface area contributed by atoms with E-state index in [2.05, 4.69) is 102 Å². The summed E-state index contributed by atoms with van der Waals surface area (Å²) in [6.45, 7) is 2.16. The number of benzene rings is 3. The molecular weight excluding hydrogens is 355 g/mol. The monoisotopic (exact) mass is 370 g/mol. The summed E-state index contributed by atoms with van der Waals surface area (Å²) in [5, 5.41) is 0. The van der Waals surface area contributed by atoms with Crippen LogP contribution in [0.5, 0.6) is 0 Å². The van der Waals surface area contributed by atoms with Crippen LogP contribution in [0.4, 0.5) is 0 Å². The van der Waals surface area contributed by atoms with Crippen molar-refractivity contribution in [2.24, 2.45) is 0 Å². The fourth-order valence-corrected chi connectivity index (χ4v) is 3.11. The molecule has 0 aliphatic heterocycles. The van der Waals surface area contributed by atoms with Crippen LogP contribution in [0.25, 0.3) is 22.3 Å². The molecule has 0 aliphatic rings. The molecule has 0 nitrogen and oxygen atoms in total. The first-order valence-electron chi connectivity index (χ1n) is 6.66. The fourth-order valence-electron chi connectivity index (χ4n) is 2.44. The van der Waals surface area contributed by atoms with E-state index in [1.807, 2.05) is 0 Å². The Labute approximate surface area is 133 Å². The normalized spacial score (nSPS) is 10.5. The Morgan fingerprint density at radius 2 is 1.30 bits per heavy atom. The van der Waals surface area contributed by atoms with E-state index in [-0.39, 0.29) is 0 Å². The number of rotatable bonds is 2. The minimum atomic E-state index is 1.26. The van der Waals surface area contributed by atoms with Gasteiger partial charge in [0.1, 0.15) is 0 Å². The van der Waals surface area contributed by atoms with Crippen molar-refractivity contribution in [1.82, 2.24) is 0 Å². The molecule has 3 rings (SSSR count). The molecule has 3 aromatic rings. The van der Waals surface area contributed by atoms with Gasteiger partial charge in [-0.1, -0.05) is 54.6 Å². The van der Waals surface area contributed by atoms with Crippen LogP contribution < -0.4 is 0 Å². The van der Waals surface area contributed by atoms with Gasteiger partial charge >= 0.3 is 0 Å². The molecule has 0 amide bonds. The Kier molecular flexibility index (Phi) is 3.88. The smallest absolute Gasteiger partial charge is 0.0142 e. The van der Waals surface area contributed by atoms with Gasteiger partial charge < -0.3 is 0 Å². The molecule has 0 radical (unpaired) electrons. The van der Waals surface area contributed by atoms with Crippen molar-refractivity contribution in [1.29, 1.82) is 0 Å². The average molecular weight is 370 g/mol. The zero-order chi connectivity index (χ0) is 13.9. The van der Waals surface area contributed by atoms with Crippen LogP contribution in [-0.4, -0.2) is 0 Å². The quantitative estimate of drug-likeness (QED) is 0.490. The van der Waals surface area contributed by atoms with Gasteiger partial charge in [0.25, 0.3) is 0 Å². The van der Waals surface area contributed by atoms with E-state index in [4.69, 9.17) is 0 Å². The van der Waals surface area contributed by atoms with Crippen LogP contribution in [0.1, 0.15) is 5.56 Å². The van der Waals surface area contributed by atoms with E-state index < -0.39 is 0 Å². The summed E-state index contributed by atoms with van der Waals surface area (Å²) >= 11 is 2.40. The van der Waals surface area contributed by atoms with E-state index in [0.717, 1.165) is 0 Å². The predicted octanol–water partition coefficient (Wildman–Crippen LogP) is 5.93. The van der Waals surface area contributed by atoms with Crippen molar-refractivity contribution in [2.45, 2.75) is 6.92 Å². The Balaban J connectivity index is 2.15. The molecule has 0 atom stereocenters. The Morgan fingerprint density at radius 3 is 2.05 bits per heavy atom. The summed E-state index contributed by atoms with van der Waals surface area (Å²) in [5.74, 6) is 0. The third kappa shape index (κ3) is 2.78. The first-order chi connectivity index (χ1) is 9.74. The molecule has 0 heterocycles. The van der Waals surface area contributed by atoms with E-state index in [1.54, 1.807) is 0 Å². The number of aryl methyl sites for hydroxylation is 1. The highest BCUT2D eigenvalue weighted by Crippen LogP contribution is 2.30. The van der Waals surface area contributed by atoms with Gasteiger partial charge in [0.2, 0.25) is 0 Å². The molecule has 0 N–H and O–H groups in total. The van der Waals surface area contributed by atoms with Gasteiger partial charge in [0, 0.05) is 3.57 Å². The molecule has 0 saturated carbocycles. The molecule has 3 aromatic carbocycles.